The molecular weight excluding hydrogens is 390 g/mol. The van der Waals surface area contributed by atoms with Gasteiger partial charge in [-0.05, 0) is 37.6 Å². The first-order valence-electron chi connectivity index (χ1n) is 8.20. The van der Waals surface area contributed by atoms with Crippen LogP contribution < -0.4 is 10.2 Å². The van der Waals surface area contributed by atoms with E-state index in [9.17, 15) is 19.7 Å². The fourth-order valence-electron chi connectivity index (χ4n) is 3.43. The van der Waals surface area contributed by atoms with Crippen LogP contribution >= 0.6 is 23.4 Å². The highest BCUT2D eigenvalue weighted by Crippen LogP contribution is 2.56. The summed E-state index contributed by atoms with van der Waals surface area (Å²) in [4.78, 5) is 37.5. The van der Waals surface area contributed by atoms with Crippen LogP contribution in [0.25, 0.3) is 0 Å². The summed E-state index contributed by atoms with van der Waals surface area (Å²) >= 11 is 7.37. The van der Waals surface area contributed by atoms with Crippen LogP contribution in [0, 0.1) is 17.0 Å². The van der Waals surface area contributed by atoms with Gasteiger partial charge in [0.05, 0.1) is 10.6 Å². The first-order valence-corrected chi connectivity index (χ1v) is 9.39. The van der Waals surface area contributed by atoms with E-state index in [1.807, 2.05) is 0 Å². The monoisotopic (exact) mass is 403 g/mol. The Morgan fingerprint density at radius 2 is 2.11 bits per heavy atom. The number of anilines is 2. The summed E-state index contributed by atoms with van der Waals surface area (Å²) in [6, 6.07) is 9.71. The quantitative estimate of drug-likeness (QED) is 0.614. The lowest BCUT2D eigenvalue weighted by Crippen LogP contribution is -2.49. The van der Waals surface area contributed by atoms with Gasteiger partial charge in [-0.15, -0.1) is 0 Å². The fourth-order valence-corrected chi connectivity index (χ4v) is 4.99. The lowest BCUT2D eigenvalue weighted by atomic mass is 10.1. The van der Waals surface area contributed by atoms with Crippen molar-refractivity contribution in [3.05, 3.63) is 57.1 Å². The van der Waals surface area contributed by atoms with Gasteiger partial charge >= 0.3 is 0 Å². The van der Waals surface area contributed by atoms with Crippen molar-refractivity contribution in [2.75, 3.05) is 10.2 Å². The molecule has 0 unspecified atom stereocenters. The van der Waals surface area contributed by atoms with Crippen LogP contribution in [-0.4, -0.2) is 21.6 Å². The van der Waals surface area contributed by atoms with E-state index in [0.29, 0.717) is 28.4 Å². The van der Waals surface area contributed by atoms with E-state index in [4.69, 9.17) is 11.6 Å². The van der Waals surface area contributed by atoms with Crippen LogP contribution in [0.5, 0.6) is 0 Å². The number of nitro benzene ring substituents is 1. The molecule has 7 nitrogen and oxygen atoms in total. The number of amides is 2. The molecule has 1 N–H and O–H groups in total. The number of nitrogens with one attached hydrogen (secondary N) is 1. The van der Waals surface area contributed by atoms with Gasteiger partial charge in [-0.3, -0.25) is 24.6 Å². The zero-order chi connectivity index (χ0) is 19.3. The molecule has 9 heteroatoms. The maximum Gasteiger partial charge on any atom is 0.274 e. The molecule has 2 aromatic carbocycles. The molecule has 2 heterocycles. The number of carbonyl (C=O) groups is 2. The summed E-state index contributed by atoms with van der Waals surface area (Å²) in [6.45, 7) is 1.63. The number of rotatable bonds is 3. The van der Waals surface area contributed by atoms with E-state index < -0.39 is 9.79 Å². The predicted octanol–water partition coefficient (Wildman–Crippen LogP) is 4.12. The van der Waals surface area contributed by atoms with Gasteiger partial charge in [-0.1, -0.05) is 29.4 Å². The van der Waals surface area contributed by atoms with E-state index in [2.05, 4.69) is 5.32 Å². The maximum atomic E-state index is 13.2. The lowest BCUT2D eigenvalue weighted by molar-refractivity contribution is -0.385. The maximum absolute atomic E-state index is 13.2. The molecular formula is C18H14ClN3O4S. The first-order chi connectivity index (χ1) is 12.8. The number of thioether (sulfide) groups is 1. The van der Waals surface area contributed by atoms with E-state index >= 15 is 0 Å². The summed E-state index contributed by atoms with van der Waals surface area (Å²) < 4.78 is 0. The summed E-state index contributed by atoms with van der Waals surface area (Å²) in [6.07, 6.45) is 0.600. The van der Waals surface area contributed by atoms with Gasteiger partial charge in [0, 0.05) is 33.7 Å². The third-order valence-electron chi connectivity index (χ3n) is 4.75. The highest BCUT2D eigenvalue weighted by atomic mass is 35.5. The van der Waals surface area contributed by atoms with E-state index in [1.165, 1.54) is 22.7 Å². The minimum atomic E-state index is -1.11. The molecule has 1 atom stereocenters. The Labute approximate surface area is 163 Å². The Bertz CT molecular complexity index is 1010. The van der Waals surface area contributed by atoms with Crippen LogP contribution in [0.4, 0.5) is 17.1 Å². The van der Waals surface area contributed by atoms with Crippen molar-refractivity contribution in [1.29, 1.82) is 0 Å². The molecule has 0 radical (unpaired) electrons. The molecule has 0 aromatic heterocycles. The molecule has 4 rings (SSSR count). The smallest absolute Gasteiger partial charge is 0.274 e. The number of fused-ring (bicyclic) bond motifs is 3. The summed E-state index contributed by atoms with van der Waals surface area (Å²) in [5.74, 6) is -0.530. The Kier molecular flexibility index (Phi) is 4.12. The van der Waals surface area contributed by atoms with Crippen LogP contribution in [0.3, 0.4) is 0 Å². The van der Waals surface area contributed by atoms with Gasteiger partial charge in [0.25, 0.3) is 11.6 Å². The molecule has 2 aliphatic heterocycles. The predicted molar refractivity (Wildman–Crippen MR) is 103 cm³/mol. The normalized spacial score (nSPS) is 20.4. The van der Waals surface area contributed by atoms with Gasteiger partial charge < -0.3 is 5.32 Å². The lowest BCUT2D eigenvalue weighted by Gasteiger charge is -2.29. The number of halogens is 1. The average molecular weight is 404 g/mol. The SMILES string of the molecule is Cc1ccc(NC(=O)[C@]23CCC(=O)N2c2cc(Cl)ccc2S3)cc1[N+](=O)[O-]. The van der Waals surface area contributed by atoms with Crippen molar-refractivity contribution < 1.29 is 14.5 Å². The summed E-state index contributed by atoms with van der Waals surface area (Å²) in [7, 11) is 0. The fraction of sp³-hybridized carbons (Fsp3) is 0.222. The Morgan fingerprint density at radius 1 is 1.33 bits per heavy atom. The van der Waals surface area contributed by atoms with Crippen LogP contribution in [0.15, 0.2) is 41.3 Å². The minimum Gasteiger partial charge on any atom is -0.323 e. The second kappa shape index (κ2) is 6.24. The van der Waals surface area contributed by atoms with Crippen LogP contribution in [-0.2, 0) is 9.59 Å². The molecule has 0 bridgehead atoms. The van der Waals surface area contributed by atoms with E-state index in [-0.39, 0.29) is 23.9 Å². The first kappa shape index (κ1) is 17.8. The third-order valence-corrected chi connectivity index (χ3v) is 6.46. The second-order valence-electron chi connectivity index (χ2n) is 6.44. The Morgan fingerprint density at radius 3 is 2.85 bits per heavy atom. The molecule has 27 heavy (non-hydrogen) atoms. The minimum absolute atomic E-state index is 0.0706. The second-order valence-corrected chi connectivity index (χ2v) is 8.20. The molecule has 0 aliphatic carbocycles. The molecule has 0 saturated carbocycles. The molecule has 138 valence electrons. The van der Waals surface area contributed by atoms with Gasteiger partial charge in [0.15, 0.2) is 4.87 Å². The Hall–Kier alpha value is -2.58. The number of nitrogens with zero attached hydrogens (tertiary/aromatic N) is 2. The topological polar surface area (TPSA) is 92.6 Å². The molecule has 0 spiro atoms. The van der Waals surface area contributed by atoms with Crippen molar-refractivity contribution in [3.8, 4) is 0 Å². The number of aryl methyl sites for hydroxylation is 1. The van der Waals surface area contributed by atoms with Crippen LogP contribution in [0.1, 0.15) is 18.4 Å². The van der Waals surface area contributed by atoms with Gasteiger partial charge in [0.2, 0.25) is 5.91 Å². The highest BCUT2D eigenvalue weighted by molar-refractivity contribution is 8.02. The van der Waals surface area contributed by atoms with Crippen molar-refractivity contribution in [3.63, 3.8) is 0 Å². The standard InChI is InChI=1S/C18H14ClN3O4S/c1-10-2-4-12(9-13(10)22(25)26)20-17(24)18-7-6-16(23)21(18)14-8-11(19)3-5-15(14)27-18/h2-5,8-9H,6-7H2,1H3,(H,20,24)/t18-/m1/s1. The average Bonchev–Trinajstić information content (AvgIpc) is 3.12. The number of benzene rings is 2. The number of nitro groups is 1. The summed E-state index contributed by atoms with van der Waals surface area (Å²) in [5.41, 5.74) is 1.38. The van der Waals surface area contributed by atoms with Gasteiger partial charge in [-0.25, -0.2) is 0 Å². The van der Waals surface area contributed by atoms with E-state index in [1.54, 1.807) is 37.3 Å². The zero-order valence-corrected chi connectivity index (χ0v) is 15.8. The molecule has 2 aliphatic rings. The van der Waals surface area contributed by atoms with E-state index in [0.717, 1.165) is 4.90 Å². The number of hydrogen-bond acceptors (Lipinski definition) is 5. The number of hydrogen-bond donors (Lipinski definition) is 1. The summed E-state index contributed by atoms with van der Waals surface area (Å²) in [5, 5.41) is 14.4. The van der Waals surface area contributed by atoms with Crippen LogP contribution in [0.2, 0.25) is 5.02 Å². The largest absolute Gasteiger partial charge is 0.323 e. The number of carbonyl (C=O) groups excluding carboxylic acids is 2. The van der Waals surface area contributed by atoms with Gasteiger partial charge in [0.1, 0.15) is 0 Å². The van der Waals surface area contributed by atoms with Crippen molar-refractivity contribution in [2.24, 2.45) is 0 Å². The molecule has 2 amide bonds. The van der Waals surface area contributed by atoms with Crippen molar-refractivity contribution in [2.45, 2.75) is 29.5 Å². The van der Waals surface area contributed by atoms with Gasteiger partial charge in [-0.2, -0.15) is 0 Å². The molecule has 1 fully saturated rings. The highest BCUT2D eigenvalue weighted by Gasteiger charge is 2.57. The zero-order valence-electron chi connectivity index (χ0n) is 14.2. The van der Waals surface area contributed by atoms with Crippen molar-refractivity contribution in [1.82, 2.24) is 0 Å². The molecule has 1 saturated heterocycles. The third kappa shape index (κ3) is 2.76. The van der Waals surface area contributed by atoms with Crippen molar-refractivity contribution >= 4 is 52.2 Å². The molecule has 2 aromatic rings. The Balaban J connectivity index is 1.69.